The van der Waals surface area contributed by atoms with Crippen LogP contribution in [-0.4, -0.2) is 55.7 Å². The zero-order valence-electron chi connectivity index (χ0n) is 10.9. The van der Waals surface area contributed by atoms with Crippen molar-refractivity contribution in [2.75, 3.05) is 19.6 Å². The van der Waals surface area contributed by atoms with Crippen molar-refractivity contribution in [1.82, 2.24) is 40.8 Å². The van der Waals surface area contributed by atoms with E-state index in [1.165, 1.54) is 6.33 Å². The maximum absolute atomic E-state index is 11.9. The molecule has 1 aliphatic rings. The molecule has 0 saturated carbocycles. The number of rotatable bonds is 6. The number of H-pyrrole nitrogens is 1. The Morgan fingerprint density at radius 1 is 1.50 bits per heavy atom. The molecule has 0 atom stereocenters. The van der Waals surface area contributed by atoms with Crippen LogP contribution in [0.15, 0.2) is 12.5 Å². The molecule has 0 bridgehead atoms. The van der Waals surface area contributed by atoms with Crippen molar-refractivity contribution in [3.05, 3.63) is 24.0 Å². The molecule has 9 heteroatoms. The molecule has 0 aromatic carbocycles. The Balaban J connectivity index is 1.43. The van der Waals surface area contributed by atoms with Gasteiger partial charge < -0.3 is 10.6 Å². The molecule has 2 aromatic rings. The summed E-state index contributed by atoms with van der Waals surface area (Å²) in [6.07, 6.45) is 4.71. The summed E-state index contributed by atoms with van der Waals surface area (Å²) in [7, 11) is 0. The van der Waals surface area contributed by atoms with Gasteiger partial charge in [-0.1, -0.05) is 5.21 Å². The van der Waals surface area contributed by atoms with E-state index in [-0.39, 0.29) is 5.91 Å². The van der Waals surface area contributed by atoms with E-state index in [4.69, 9.17) is 0 Å². The molecule has 3 rings (SSSR count). The summed E-state index contributed by atoms with van der Waals surface area (Å²) >= 11 is 0. The predicted octanol–water partition coefficient (Wildman–Crippen LogP) is -1.10. The summed E-state index contributed by atoms with van der Waals surface area (Å²) in [5, 5.41) is 20.4. The van der Waals surface area contributed by atoms with Gasteiger partial charge in [0.25, 0.3) is 5.91 Å². The van der Waals surface area contributed by atoms with Crippen molar-refractivity contribution >= 4 is 5.91 Å². The molecule has 1 fully saturated rings. The second-order valence-electron chi connectivity index (χ2n) is 4.69. The maximum atomic E-state index is 11.9. The van der Waals surface area contributed by atoms with E-state index >= 15 is 0 Å². The Labute approximate surface area is 115 Å². The van der Waals surface area contributed by atoms with E-state index < -0.39 is 0 Å². The molecule has 0 radical (unpaired) electrons. The highest BCUT2D eigenvalue weighted by Gasteiger charge is 2.21. The van der Waals surface area contributed by atoms with E-state index in [1.807, 2.05) is 0 Å². The third-order valence-corrected chi connectivity index (χ3v) is 3.22. The molecule has 3 N–H and O–H groups in total. The molecular formula is C11H16N8O. The Bertz CT molecular complexity index is 559. The Hall–Kier alpha value is -2.29. The lowest BCUT2D eigenvalue weighted by atomic mass is 10.2. The van der Waals surface area contributed by atoms with Crippen LogP contribution in [0, 0.1) is 0 Å². The quantitative estimate of drug-likeness (QED) is 0.577. The van der Waals surface area contributed by atoms with Crippen molar-refractivity contribution in [2.45, 2.75) is 18.9 Å². The molecule has 1 amide bonds. The van der Waals surface area contributed by atoms with Crippen LogP contribution >= 0.6 is 0 Å². The summed E-state index contributed by atoms with van der Waals surface area (Å²) < 4.78 is 1.74. The van der Waals surface area contributed by atoms with Gasteiger partial charge in [-0.05, 0) is 6.42 Å². The van der Waals surface area contributed by atoms with Crippen molar-refractivity contribution < 1.29 is 4.79 Å². The Morgan fingerprint density at radius 2 is 2.40 bits per heavy atom. The standard InChI is InChI=1S/C11H16N8O/c20-11(13-3-1-2-10-14-7-15-17-10)9-6-19(18-16-9)8-4-12-5-8/h6-8,12H,1-5H2,(H,13,20)(H,14,15,17). The molecule has 3 heterocycles. The lowest BCUT2D eigenvalue weighted by molar-refractivity contribution is 0.0948. The average Bonchev–Trinajstić information content (AvgIpc) is 3.03. The van der Waals surface area contributed by atoms with Gasteiger partial charge in [0, 0.05) is 26.1 Å². The largest absolute Gasteiger partial charge is 0.351 e. The zero-order chi connectivity index (χ0) is 13.8. The molecular weight excluding hydrogens is 260 g/mol. The smallest absolute Gasteiger partial charge is 0.273 e. The van der Waals surface area contributed by atoms with Crippen LogP contribution in [0.5, 0.6) is 0 Å². The summed E-state index contributed by atoms with van der Waals surface area (Å²) in [6.45, 7) is 2.32. The first-order chi connectivity index (χ1) is 9.83. The number of aryl methyl sites for hydroxylation is 1. The normalized spacial score (nSPS) is 15.0. The minimum absolute atomic E-state index is 0.193. The first-order valence-corrected chi connectivity index (χ1v) is 6.58. The number of carbonyl (C=O) groups excluding carboxylic acids is 1. The zero-order valence-corrected chi connectivity index (χ0v) is 10.9. The molecule has 1 aliphatic heterocycles. The van der Waals surface area contributed by atoms with Crippen LogP contribution in [0.2, 0.25) is 0 Å². The van der Waals surface area contributed by atoms with Gasteiger partial charge in [-0.3, -0.25) is 9.89 Å². The van der Waals surface area contributed by atoms with Gasteiger partial charge >= 0.3 is 0 Å². The third-order valence-electron chi connectivity index (χ3n) is 3.22. The van der Waals surface area contributed by atoms with Crippen LogP contribution in [0.1, 0.15) is 28.8 Å². The van der Waals surface area contributed by atoms with Crippen molar-refractivity contribution in [3.8, 4) is 0 Å². The molecule has 0 aliphatic carbocycles. The second-order valence-corrected chi connectivity index (χ2v) is 4.69. The van der Waals surface area contributed by atoms with Gasteiger partial charge in [0.1, 0.15) is 12.2 Å². The maximum Gasteiger partial charge on any atom is 0.273 e. The third kappa shape index (κ3) is 2.82. The highest BCUT2D eigenvalue weighted by atomic mass is 16.2. The predicted molar refractivity (Wildman–Crippen MR) is 69.0 cm³/mol. The van der Waals surface area contributed by atoms with Gasteiger partial charge in [0.05, 0.1) is 12.2 Å². The lowest BCUT2D eigenvalue weighted by Crippen LogP contribution is -2.43. The monoisotopic (exact) mass is 276 g/mol. The van der Waals surface area contributed by atoms with Crippen LogP contribution in [0.4, 0.5) is 0 Å². The molecule has 2 aromatic heterocycles. The number of amides is 1. The van der Waals surface area contributed by atoms with Crippen LogP contribution in [-0.2, 0) is 6.42 Å². The number of nitrogens with zero attached hydrogens (tertiary/aromatic N) is 5. The van der Waals surface area contributed by atoms with Crippen LogP contribution < -0.4 is 10.6 Å². The average molecular weight is 276 g/mol. The fraction of sp³-hybridized carbons (Fsp3) is 0.545. The van der Waals surface area contributed by atoms with Gasteiger partial charge in [-0.25, -0.2) is 9.67 Å². The molecule has 9 nitrogen and oxygen atoms in total. The number of nitrogens with one attached hydrogen (secondary N) is 3. The Kier molecular flexibility index (Phi) is 3.68. The number of hydrogen-bond donors (Lipinski definition) is 3. The summed E-state index contributed by atoms with van der Waals surface area (Å²) in [6, 6.07) is 0.315. The summed E-state index contributed by atoms with van der Waals surface area (Å²) in [5.41, 5.74) is 0.358. The number of carbonyl (C=O) groups is 1. The highest BCUT2D eigenvalue weighted by molar-refractivity contribution is 5.91. The van der Waals surface area contributed by atoms with E-state index in [9.17, 15) is 4.79 Å². The van der Waals surface area contributed by atoms with Gasteiger partial charge in [-0.15, -0.1) is 5.10 Å². The number of hydrogen-bond acceptors (Lipinski definition) is 6. The van der Waals surface area contributed by atoms with E-state index in [0.717, 1.165) is 31.8 Å². The molecule has 1 saturated heterocycles. The minimum atomic E-state index is -0.193. The summed E-state index contributed by atoms with van der Waals surface area (Å²) in [4.78, 5) is 15.9. The second kappa shape index (κ2) is 5.78. The van der Waals surface area contributed by atoms with Crippen molar-refractivity contribution in [3.63, 3.8) is 0 Å². The molecule has 0 spiro atoms. The molecule has 0 unspecified atom stereocenters. The van der Waals surface area contributed by atoms with Crippen molar-refractivity contribution in [1.29, 1.82) is 0 Å². The molecule has 106 valence electrons. The van der Waals surface area contributed by atoms with E-state index in [2.05, 4.69) is 36.1 Å². The first kappa shape index (κ1) is 12.7. The van der Waals surface area contributed by atoms with Crippen LogP contribution in [0.25, 0.3) is 0 Å². The Morgan fingerprint density at radius 3 is 3.10 bits per heavy atom. The van der Waals surface area contributed by atoms with Crippen molar-refractivity contribution in [2.24, 2.45) is 0 Å². The highest BCUT2D eigenvalue weighted by Crippen LogP contribution is 2.09. The van der Waals surface area contributed by atoms with Crippen LogP contribution in [0.3, 0.4) is 0 Å². The van der Waals surface area contributed by atoms with E-state index in [0.29, 0.717) is 18.3 Å². The first-order valence-electron chi connectivity index (χ1n) is 6.58. The van der Waals surface area contributed by atoms with Gasteiger partial charge in [0.15, 0.2) is 5.69 Å². The summed E-state index contributed by atoms with van der Waals surface area (Å²) in [5.74, 6) is 0.628. The van der Waals surface area contributed by atoms with Gasteiger partial charge in [0.2, 0.25) is 0 Å². The SMILES string of the molecule is O=C(NCCCc1ncn[nH]1)c1cn(C2CNC2)nn1. The minimum Gasteiger partial charge on any atom is -0.351 e. The fourth-order valence-corrected chi connectivity index (χ4v) is 1.92. The molecule has 20 heavy (non-hydrogen) atoms. The lowest BCUT2D eigenvalue weighted by Gasteiger charge is -2.26. The van der Waals surface area contributed by atoms with E-state index in [1.54, 1.807) is 10.9 Å². The number of aromatic nitrogens is 6. The fourth-order valence-electron chi connectivity index (χ4n) is 1.92. The van der Waals surface area contributed by atoms with Gasteiger partial charge in [-0.2, -0.15) is 5.10 Å². The number of aromatic amines is 1. The topological polar surface area (TPSA) is 113 Å².